The number of nitrogens with zero attached hydrogens (tertiary/aromatic N) is 1. The molecule has 0 radical (unpaired) electrons. The van der Waals surface area contributed by atoms with Gasteiger partial charge in [0.25, 0.3) is 0 Å². The van der Waals surface area contributed by atoms with Crippen molar-refractivity contribution < 1.29 is 4.43 Å². The van der Waals surface area contributed by atoms with Crippen molar-refractivity contribution in [2.45, 2.75) is 118 Å². The van der Waals surface area contributed by atoms with Gasteiger partial charge in [0.2, 0.25) is 0 Å². The van der Waals surface area contributed by atoms with Gasteiger partial charge >= 0.3 is 182 Å². The number of hydrogen-bond acceptors (Lipinski definition) is 2. The van der Waals surface area contributed by atoms with Gasteiger partial charge in [-0.05, 0) is 0 Å². The summed E-state index contributed by atoms with van der Waals surface area (Å²) in [5.41, 5.74) is 1.38. The summed E-state index contributed by atoms with van der Waals surface area (Å²) in [5.74, 6) is 1.13. The molecule has 0 amide bonds. The van der Waals surface area contributed by atoms with Gasteiger partial charge in [0.15, 0.2) is 0 Å². The average Bonchev–Trinajstić information content (AvgIpc) is 2.62. The van der Waals surface area contributed by atoms with E-state index in [0.717, 1.165) is 5.75 Å². The summed E-state index contributed by atoms with van der Waals surface area (Å²) < 4.78 is 12.7. The molecule has 0 spiro atoms. The quantitative estimate of drug-likeness (QED) is 0.266. The molecule has 28 heavy (non-hydrogen) atoms. The van der Waals surface area contributed by atoms with Crippen molar-refractivity contribution in [3.63, 3.8) is 0 Å². The van der Waals surface area contributed by atoms with Crippen LogP contribution in [0, 0.1) is 6.92 Å². The van der Waals surface area contributed by atoms with E-state index < -0.39 is 26.7 Å². The molecule has 1 heterocycles. The molecule has 0 bridgehead atoms. The monoisotopic (exact) mass is 513 g/mol. The van der Waals surface area contributed by atoms with E-state index in [0.29, 0.717) is 0 Å². The van der Waals surface area contributed by atoms with Gasteiger partial charge in [-0.25, -0.2) is 0 Å². The van der Waals surface area contributed by atoms with Gasteiger partial charge in [0.1, 0.15) is 0 Å². The molecule has 0 saturated heterocycles. The summed E-state index contributed by atoms with van der Waals surface area (Å²) in [6.45, 7) is 21.0. The van der Waals surface area contributed by atoms with Crippen molar-refractivity contribution in [3.8, 4) is 5.75 Å². The van der Waals surface area contributed by atoms with Gasteiger partial charge in [0, 0.05) is 0 Å². The molecule has 0 atom stereocenters. The first-order valence-corrected chi connectivity index (χ1v) is 22.1. The third-order valence-electron chi connectivity index (χ3n) is 6.85. The van der Waals surface area contributed by atoms with Crippen LogP contribution in [0.15, 0.2) is 12.3 Å². The maximum atomic E-state index is 6.78. The van der Waals surface area contributed by atoms with E-state index in [4.69, 9.17) is 9.41 Å². The van der Waals surface area contributed by atoms with Crippen LogP contribution in [0.3, 0.4) is 0 Å². The van der Waals surface area contributed by atoms with Crippen LogP contribution < -0.4 is 8.14 Å². The van der Waals surface area contributed by atoms with Crippen molar-refractivity contribution >= 4 is 30.4 Å². The molecule has 1 aromatic rings. The predicted molar refractivity (Wildman–Crippen MR) is 131 cm³/mol. The number of aromatic nitrogens is 1. The molecule has 0 aliphatic carbocycles. The number of unbranched alkanes of at least 4 members (excludes halogenated alkanes) is 3. The molecular weight excluding hydrogens is 465 g/mol. The summed E-state index contributed by atoms with van der Waals surface area (Å²) in [6, 6.07) is 2.13. The molecule has 2 nitrogen and oxygen atoms in total. The van der Waals surface area contributed by atoms with Crippen LogP contribution in [0.5, 0.6) is 5.75 Å². The average molecular weight is 512 g/mol. The van der Waals surface area contributed by atoms with E-state index in [2.05, 4.69) is 73.8 Å². The molecular formula is C24H47NOSiSn. The van der Waals surface area contributed by atoms with E-state index in [-0.39, 0.29) is 5.04 Å². The minimum atomic E-state index is -2.54. The van der Waals surface area contributed by atoms with Gasteiger partial charge in [-0.2, -0.15) is 0 Å². The van der Waals surface area contributed by atoms with Crippen molar-refractivity contribution in [1.29, 1.82) is 0 Å². The van der Waals surface area contributed by atoms with Crippen LogP contribution in [-0.2, 0) is 0 Å². The van der Waals surface area contributed by atoms with Crippen LogP contribution in [0.1, 0.15) is 85.6 Å². The fourth-order valence-electron chi connectivity index (χ4n) is 3.87. The minimum absolute atomic E-state index is 0.218. The molecule has 0 fully saturated rings. The zero-order valence-electron chi connectivity index (χ0n) is 20.4. The van der Waals surface area contributed by atoms with Crippen LogP contribution in [0.25, 0.3) is 0 Å². The number of hydrogen-bond donors (Lipinski definition) is 0. The second-order valence-electron chi connectivity index (χ2n) is 10.2. The standard InChI is InChI=1S/C12H20NOSi.3C4H9.Sn/c1-10-9-13-8-7-11(10)14-15(5,6)12(2,3)4;3*1-3-4-2;/h7-8H,1-6H3;3*1,3-4H2,2H3;. The number of pyridine rings is 1. The normalized spacial score (nSPS) is 13.0. The van der Waals surface area contributed by atoms with E-state index in [1.54, 1.807) is 0 Å². The molecule has 4 heteroatoms. The van der Waals surface area contributed by atoms with Crippen molar-refractivity contribution in [2.24, 2.45) is 0 Å². The van der Waals surface area contributed by atoms with Gasteiger partial charge in [-0.3, -0.25) is 0 Å². The fraction of sp³-hybridized carbons (Fsp3) is 0.792. The Hall–Kier alpha value is -0.0344. The Morgan fingerprint density at radius 1 is 0.929 bits per heavy atom. The Morgan fingerprint density at radius 2 is 1.39 bits per heavy atom. The number of rotatable bonds is 12. The van der Waals surface area contributed by atoms with Crippen molar-refractivity contribution in [1.82, 2.24) is 4.98 Å². The first-order valence-electron chi connectivity index (χ1n) is 11.7. The predicted octanol–water partition coefficient (Wildman–Crippen LogP) is 7.83. The summed E-state index contributed by atoms with van der Waals surface area (Å²) >= 11 is -2.54. The first-order chi connectivity index (χ1) is 13.0. The van der Waals surface area contributed by atoms with Crippen LogP contribution >= 0.6 is 0 Å². The molecule has 0 aliphatic heterocycles. The van der Waals surface area contributed by atoms with Crippen molar-refractivity contribution in [3.05, 3.63) is 17.8 Å². The molecule has 0 saturated carbocycles. The maximum absolute atomic E-state index is 6.78. The zero-order valence-corrected chi connectivity index (χ0v) is 24.2. The summed E-state index contributed by atoms with van der Waals surface area (Å²) in [4.78, 5) is 5.09. The topological polar surface area (TPSA) is 22.1 Å². The Kier molecular flexibility index (Phi) is 10.6. The first kappa shape index (κ1) is 26.0. The Balaban J connectivity index is 3.40. The summed E-state index contributed by atoms with van der Waals surface area (Å²) in [6.07, 6.45) is 10.1. The molecule has 0 aromatic carbocycles. The Bertz CT molecular complexity index is 573. The van der Waals surface area contributed by atoms with Gasteiger partial charge < -0.3 is 0 Å². The van der Waals surface area contributed by atoms with Crippen LogP contribution in [0.4, 0.5) is 0 Å². The van der Waals surface area contributed by atoms with Crippen molar-refractivity contribution in [2.75, 3.05) is 0 Å². The third-order valence-corrected chi connectivity index (χ3v) is 26.7. The molecule has 0 N–H and O–H groups in total. The summed E-state index contributed by atoms with van der Waals surface area (Å²) in [7, 11) is -1.84. The van der Waals surface area contributed by atoms with Gasteiger partial charge in [-0.1, -0.05) is 0 Å². The summed E-state index contributed by atoms with van der Waals surface area (Å²) in [5, 5.41) is 0.218. The molecule has 1 rings (SSSR count). The molecule has 1 aromatic heterocycles. The van der Waals surface area contributed by atoms with Crippen LogP contribution in [-0.4, -0.2) is 31.7 Å². The second kappa shape index (κ2) is 11.4. The SMILES string of the molecule is CCC[CH2][Sn]([CH2]CCC)([CH2]CCC)[c]1nccc(O[Si](C)(C)C(C)(C)C)c1C. The fourth-order valence-corrected chi connectivity index (χ4v) is 21.6. The molecule has 162 valence electrons. The molecule has 0 unspecified atom stereocenters. The Labute approximate surface area is 181 Å². The van der Waals surface area contributed by atoms with Gasteiger partial charge in [0.05, 0.1) is 0 Å². The second-order valence-corrected chi connectivity index (χ2v) is 27.9. The molecule has 0 aliphatic rings. The van der Waals surface area contributed by atoms with E-state index >= 15 is 0 Å². The zero-order chi connectivity index (χ0) is 21.4. The van der Waals surface area contributed by atoms with E-state index in [1.165, 1.54) is 61.1 Å². The van der Waals surface area contributed by atoms with E-state index in [9.17, 15) is 0 Å². The van der Waals surface area contributed by atoms with Gasteiger partial charge in [-0.15, -0.1) is 0 Å². The van der Waals surface area contributed by atoms with Crippen LogP contribution in [0.2, 0.25) is 31.4 Å². The van der Waals surface area contributed by atoms with E-state index in [1.807, 2.05) is 0 Å². The third kappa shape index (κ3) is 6.75. The Morgan fingerprint density at radius 3 is 1.79 bits per heavy atom.